The van der Waals surface area contributed by atoms with E-state index in [1.54, 1.807) is 0 Å². The summed E-state index contributed by atoms with van der Waals surface area (Å²) in [4.78, 5) is 10.9. The first-order chi connectivity index (χ1) is 5.72. The molecular weight excluding hydrogens is 158 g/mol. The van der Waals surface area contributed by atoms with Crippen LogP contribution in [0.5, 0.6) is 0 Å². The minimum absolute atomic E-state index is 0.0844. The number of rotatable bonds is 4. The first kappa shape index (κ1) is 9.48. The second kappa shape index (κ2) is 4.42. The number of amides is 1. The first-order valence-electron chi connectivity index (χ1n) is 4.16. The van der Waals surface area contributed by atoms with Crippen LogP contribution in [-0.2, 0) is 9.53 Å². The van der Waals surface area contributed by atoms with E-state index in [4.69, 9.17) is 5.11 Å². The number of carbonyl (C=O) groups excluding carboxylic acids is 1. The number of aliphatic hydroxyl groups is 1. The lowest BCUT2D eigenvalue weighted by molar-refractivity contribution is -0.125. The normalized spacial score (nSPS) is 27.8. The molecule has 0 aliphatic heterocycles. The third-order valence-corrected chi connectivity index (χ3v) is 2.07. The van der Waals surface area contributed by atoms with Gasteiger partial charge in [-0.3, -0.25) is 4.79 Å². The Labute approximate surface area is 71.9 Å². The van der Waals surface area contributed by atoms with E-state index in [0.29, 0.717) is 12.5 Å². The molecule has 0 atom stereocenters. The van der Waals surface area contributed by atoms with Crippen LogP contribution in [-0.4, -0.2) is 37.4 Å². The Kier molecular flexibility index (Phi) is 3.49. The van der Waals surface area contributed by atoms with Crippen molar-refractivity contribution in [2.24, 2.45) is 5.92 Å². The summed E-state index contributed by atoms with van der Waals surface area (Å²) in [5.74, 6) is 0.375. The number of hydrogen-bond acceptors (Lipinski definition) is 3. The smallest absolute Gasteiger partial charge is 0.245 e. The van der Waals surface area contributed by atoms with Gasteiger partial charge in [0, 0.05) is 13.7 Å². The van der Waals surface area contributed by atoms with Crippen LogP contribution in [0, 0.1) is 5.92 Å². The Morgan fingerprint density at radius 1 is 1.67 bits per heavy atom. The van der Waals surface area contributed by atoms with Gasteiger partial charge in [0.1, 0.15) is 6.61 Å². The Hall–Kier alpha value is -0.610. The zero-order valence-electron chi connectivity index (χ0n) is 7.25. The van der Waals surface area contributed by atoms with Gasteiger partial charge in [0.05, 0.1) is 6.10 Å². The van der Waals surface area contributed by atoms with Crippen molar-refractivity contribution >= 4 is 5.91 Å². The summed E-state index contributed by atoms with van der Waals surface area (Å²) < 4.78 is 4.65. The fourth-order valence-corrected chi connectivity index (χ4v) is 1.31. The average molecular weight is 173 g/mol. The molecule has 0 aromatic heterocycles. The molecule has 70 valence electrons. The highest BCUT2D eigenvalue weighted by molar-refractivity contribution is 5.77. The average Bonchev–Trinajstić information content (AvgIpc) is 1.96. The molecule has 1 saturated carbocycles. The van der Waals surface area contributed by atoms with E-state index in [1.165, 1.54) is 7.11 Å². The third kappa shape index (κ3) is 2.79. The van der Waals surface area contributed by atoms with E-state index in [9.17, 15) is 4.79 Å². The molecule has 0 radical (unpaired) electrons. The van der Waals surface area contributed by atoms with Gasteiger partial charge >= 0.3 is 0 Å². The van der Waals surface area contributed by atoms with Crippen LogP contribution < -0.4 is 5.32 Å². The lowest BCUT2D eigenvalue weighted by Crippen LogP contribution is -2.39. The van der Waals surface area contributed by atoms with E-state index in [-0.39, 0.29) is 18.6 Å². The second-order valence-corrected chi connectivity index (χ2v) is 3.23. The molecule has 0 spiro atoms. The molecule has 12 heavy (non-hydrogen) atoms. The molecule has 0 bridgehead atoms. The van der Waals surface area contributed by atoms with Crippen molar-refractivity contribution in [2.75, 3.05) is 20.3 Å². The minimum atomic E-state index is -0.144. The van der Waals surface area contributed by atoms with Gasteiger partial charge in [0.2, 0.25) is 5.91 Å². The summed E-state index contributed by atoms with van der Waals surface area (Å²) >= 11 is 0. The van der Waals surface area contributed by atoms with Crippen molar-refractivity contribution in [3.8, 4) is 0 Å². The SMILES string of the molecule is COCC(=O)NCC1CC(O)C1. The molecular formula is C8H15NO3. The maximum Gasteiger partial charge on any atom is 0.245 e. The molecule has 0 unspecified atom stereocenters. The number of ether oxygens (including phenoxy) is 1. The van der Waals surface area contributed by atoms with Crippen molar-refractivity contribution in [2.45, 2.75) is 18.9 Å². The highest BCUT2D eigenvalue weighted by atomic mass is 16.5. The molecule has 4 nitrogen and oxygen atoms in total. The molecule has 0 heterocycles. The Balaban J connectivity index is 1.98. The molecule has 0 aromatic rings. The minimum Gasteiger partial charge on any atom is -0.393 e. The molecule has 0 aromatic carbocycles. The Morgan fingerprint density at radius 3 is 2.83 bits per heavy atom. The maximum atomic E-state index is 10.9. The number of hydrogen-bond donors (Lipinski definition) is 2. The van der Waals surface area contributed by atoms with Crippen molar-refractivity contribution in [1.29, 1.82) is 0 Å². The molecule has 1 amide bonds. The molecule has 1 aliphatic rings. The third-order valence-electron chi connectivity index (χ3n) is 2.07. The zero-order chi connectivity index (χ0) is 8.97. The first-order valence-corrected chi connectivity index (χ1v) is 4.16. The van der Waals surface area contributed by atoms with E-state index >= 15 is 0 Å². The van der Waals surface area contributed by atoms with Gasteiger partial charge in [-0.05, 0) is 18.8 Å². The summed E-state index contributed by atoms with van der Waals surface area (Å²) in [5.41, 5.74) is 0. The van der Waals surface area contributed by atoms with Gasteiger partial charge < -0.3 is 15.2 Å². The van der Waals surface area contributed by atoms with Crippen LogP contribution in [0.2, 0.25) is 0 Å². The lowest BCUT2D eigenvalue weighted by Gasteiger charge is -2.31. The largest absolute Gasteiger partial charge is 0.393 e. The Bertz CT molecular complexity index is 154. The van der Waals surface area contributed by atoms with Crippen LogP contribution in [0.25, 0.3) is 0 Å². The van der Waals surface area contributed by atoms with Gasteiger partial charge in [-0.1, -0.05) is 0 Å². The van der Waals surface area contributed by atoms with E-state index in [0.717, 1.165) is 12.8 Å². The summed E-state index contributed by atoms with van der Waals surface area (Å²) in [6.07, 6.45) is 1.48. The lowest BCUT2D eigenvalue weighted by atomic mass is 9.82. The number of nitrogens with one attached hydrogen (secondary N) is 1. The highest BCUT2D eigenvalue weighted by Gasteiger charge is 2.26. The van der Waals surface area contributed by atoms with Gasteiger partial charge in [0.25, 0.3) is 0 Å². The summed E-state index contributed by atoms with van der Waals surface area (Å²) in [5, 5.41) is 11.7. The summed E-state index contributed by atoms with van der Waals surface area (Å²) in [6.45, 7) is 0.786. The van der Waals surface area contributed by atoms with Gasteiger partial charge in [-0.2, -0.15) is 0 Å². The fourth-order valence-electron chi connectivity index (χ4n) is 1.31. The van der Waals surface area contributed by atoms with Crippen molar-refractivity contribution in [3.63, 3.8) is 0 Å². The van der Waals surface area contributed by atoms with Crippen LogP contribution in [0.1, 0.15) is 12.8 Å². The second-order valence-electron chi connectivity index (χ2n) is 3.23. The zero-order valence-corrected chi connectivity index (χ0v) is 7.25. The van der Waals surface area contributed by atoms with Crippen LogP contribution in [0.15, 0.2) is 0 Å². The van der Waals surface area contributed by atoms with Gasteiger partial charge in [0.15, 0.2) is 0 Å². The molecule has 1 aliphatic carbocycles. The van der Waals surface area contributed by atoms with Gasteiger partial charge in [-0.15, -0.1) is 0 Å². The topological polar surface area (TPSA) is 58.6 Å². The maximum absolute atomic E-state index is 10.9. The van der Waals surface area contributed by atoms with E-state index in [2.05, 4.69) is 10.1 Å². The molecule has 2 N–H and O–H groups in total. The van der Waals surface area contributed by atoms with E-state index < -0.39 is 0 Å². The number of carbonyl (C=O) groups is 1. The van der Waals surface area contributed by atoms with Crippen molar-refractivity contribution in [1.82, 2.24) is 5.32 Å². The standard InChI is InChI=1S/C8H15NO3/c1-12-5-8(11)9-4-6-2-7(10)3-6/h6-7,10H,2-5H2,1H3,(H,9,11). The van der Waals surface area contributed by atoms with Crippen molar-refractivity contribution < 1.29 is 14.6 Å². The Morgan fingerprint density at radius 2 is 2.33 bits per heavy atom. The van der Waals surface area contributed by atoms with Gasteiger partial charge in [-0.25, -0.2) is 0 Å². The number of methoxy groups -OCH3 is 1. The monoisotopic (exact) mass is 173 g/mol. The predicted octanol–water partition coefficient (Wildman–Crippen LogP) is -0.480. The van der Waals surface area contributed by atoms with Crippen LogP contribution in [0.4, 0.5) is 0 Å². The molecule has 4 heteroatoms. The highest BCUT2D eigenvalue weighted by Crippen LogP contribution is 2.25. The van der Waals surface area contributed by atoms with E-state index in [1.807, 2.05) is 0 Å². The van der Waals surface area contributed by atoms with Crippen LogP contribution >= 0.6 is 0 Å². The molecule has 0 saturated heterocycles. The van der Waals surface area contributed by atoms with Crippen molar-refractivity contribution in [3.05, 3.63) is 0 Å². The fraction of sp³-hybridized carbons (Fsp3) is 0.875. The molecule has 1 rings (SSSR count). The quantitative estimate of drug-likeness (QED) is 0.603. The van der Waals surface area contributed by atoms with Crippen LogP contribution in [0.3, 0.4) is 0 Å². The molecule has 1 fully saturated rings. The summed E-state index contributed by atoms with van der Waals surface area (Å²) in [7, 11) is 1.49. The summed E-state index contributed by atoms with van der Waals surface area (Å²) in [6, 6.07) is 0. The number of aliphatic hydroxyl groups excluding tert-OH is 1. The predicted molar refractivity (Wildman–Crippen MR) is 43.6 cm³/mol.